The van der Waals surface area contributed by atoms with E-state index in [2.05, 4.69) is 10.4 Å². The topological polar surface area (TPSA) is 50.1 Å². The fraction of sp³-hybridized carbons (Fsp3) is 0.700. The lowest BCUT2D eigenvalue weighted by Crippen LogP contribution is -2.21. The first kappa shape index (κ1) is 11.2. The standard InChI is InChI=1S/C10H19N3O/c1-9(14)3-5-11-6-4-10-7-12-13(2)8-10/h7-9,11,14H,3-6H2,1-2H3. The molecule has 1 aromatic rings. The van der Waals surface area contributed by atoms with Crippen LogP contribution in [0.15, 0.2) is 12.4 Å². The minimum absolute atomic E-state index is 0.208. The average molecular weight is 197 g/mol. The van der Waals surface area contributed by atoms with E-state index in [-0.39, 0.29) is 6.10 Å². The summed E-state index contributed by atoms with van der Waals surface area (Å²) in [7, 11) is 1.92. The van der Waals surface area contributed by atoms with Crippen LogP contribution in [0.1, 0.15) is 18.9 Å². The van der Waals surface area contributed by atoms with E-state index < -0.39 is 0 Å². The van der Waals surface area contributed by atoms with Crippen molar-refractivity contribution in [2.75, 3.05) is 13.1 Å². The molecule has 0 saturated carbocycles. The third kappa shape index (κ3) is 4.39. The van der Waals surface area contributed by atoms with Crippen LogP contribution in [0.25, 0.3) is 0 Å². The predicted octanol–water partition coefficient (Wildman–Crippen LogP) is 0.323. The highest BCUT2D eigenvalue weighted by Gasteiger charge is 1.97. The molecule has 0 spiro atoms. The number of aliphatic hydroxyl groups excluding tert-OH is 1. The van der Waals surface area contributed by atoms with E-state index in [1.54, 1.807) is 0 Å². The summed E-state index contributed by atoms with van der Waals surface area (Å²) in [4.78, 5) is 0. The average Bonchev–Trinajstić information content (AvgIpc) is 2.50. The van der Waals surface area contributed by atoms with Gasteiger partial charge in [-0.3, -0.25) is 4.68 Å². The Morgan fingerprint density at radius 1 is 1.57 bits per heavy atom. The van der Waals surface area contributed by atoms with Crippen LogP contribution in [-0.2, 0) is 13.5 Å². The Bertz CT molecular complexity index is 258. The maximum absolute atomic E-state index is 9.02. The fourth-order valence-corrected chi connectivity index (χ4v) is 1.27. The number of hydrogen-bond donors (Lipinski definition) is 2. The molecule has 0 fully saturated rings. The van der Waals surface area contributed by atoms with E-state index in [0.29, 0.717) is 0 Å². The highest BCUT2D eigenvalue weighted by atomic mass is 16.3. The lowest BCUT2D eigenvalue weighted by Gasteiger charge is -2.05. The minimum atomic E-state index is -0.208. The molecule has 1 unspecified atom stereocenters. The Labute approximate surface area is 84.9 Å². The molecule has 4 heteroatoms. The zero-order valence-corrected chi connectivity index (χ0v) is 8.90. The zero-order valence-electron chi connectivity index (χ0n) is 8.90. The molecule has 0 aliphatic rings. The number of rotatable bonds is 6. The third-order valence-corrected chi connectivity index (χ3v) is 2.09. The van der Waals surface area contributed by atoms with Gasteiger partial charge in [-0.25, -0.2) is 0 Å². The van der Waals surface area contributed by atoms with E-state index in [0.717, 1.165) is 25.9 Å². The van der Waals surface area contributed by atoms with Crippen molar-refractivity contribution in [1.29, 1.82) is 0 Å². The lowest BCUT2D eigenvalue weighted by atomic mass is 10.2. The van der Waals surface area contributed by atoms with Gasteiger partial charge in [-0.2, -0.15) is 5.10 Å². The Hall–Kier alpha value is -0.870. The molecule has 0 saturated heterocycles. The predicted molar refractivity (Wildman–Crippen MR) is 56.1 cm³/mol. The maximum atomic E-state index is 9.02. The maximum Gasteiger partial charge on any atom is 0.0524 e. The molecule has 80 valence electrons. The molecule has 0 aromatic carbocycles. The SMILES string of the molecule is CC(O)CCNCCc1cnn(C)c1. The van der Waals surface area contributed by atoms with Crippen LogP contribution < -0.4 is 5.32 Å². The molecular formula is C10H19N3O. The van der Waals surface area contributed by atoms with Crippen molar-refractivity contribution in [1.82, 2.24) is 15.1 Å². The van der Waals surface area contributed by atoms with Gasteiger partial charge in [-0.1, -0.05) is 0 Å². The van der Waals surface area contributed by atoms with Gasteiger partial charge in [0.25, 0.3) is 0 Å². The molecule has 0 amide bonds. The summed E-state index contributed by atoms with van der Waals surface area (Å²) in [6, 6.07) is 0. The molecule has 0 bridgehead atoms. The highest BCUT2D eigenvalue weighted by Crippen LogP contribution is 1.96. The van der Waals surface area contributed by atoms with Crippen molar-refractivity contribution < 1.29 is 5.11 Å². The van der Waals surface area contributed by atoms with Crippen molar-refractivity contribution in [3.05, 3.63) is 18.0 Å². The van der Waals surface area contributed by atoms with E-state index in [1.807, 2.05) is 31.0 Å². The Kier molecular flexibility index (Phi) is 4.62. The number of aromatic nitrogens is 2. The molecule has 2 N–H and O–H groups in total. The van der Waals surface area contributed by atoms with Crippen molar-refractivity contribution >= 4 is 0 Å². The van der Waals surface area contributed by atoms with Gasteiger partial charge in [0.15, 0.2) is 0 Å². The monoisotopic (exact) mass is 197 g/mol. The number of aryl methyl sites for hydroxylation is 1. The minimum Gasteiger partial charge on any atom is -0.393 e. The molecule has 1 heterocycles. The quantitative estimate of drug-likeness (QED) is 0.646. The molecule has 14 heavy (non-hydrogen) atoms. The number of aliphatic hydroxyl groups is 1. The second-order valence-corrected chi connectivity index (χ2v) is 3.66. The van der Waals surface area contributed by atoms with Crippen molar-refractivity contribution in [3.63, 3.8) is 0 Å². The van der Waals surface area contributed by atoms with Gasteiger partial charge >= 0.3 is 0 Å². The fourth-order valence-electron chi connectivity index (χ4n) is 1.27. The number of nitrogens with one attached hydrogen (secondary N) is 1. The first-order valence-electron chi connectivity index (χ1n) is 5.05. The van der Waals surface area contributed by atoms with Crippen LogP contribution in [0.4, 0.5) is 0 Å². The van der Waals surface area contributed by atoms with Gasteiger partial charge in [-0.05, 0) is 38.4 Å². The molecule has 4 nitrogen and oxygen atoms in total. The molecule has 1 aromatic heterocycles. The summed E-state index contributed by atoms with van der Waals surface area (Å²) in [5.74, 6) is 0. The lowest BCUT2D eigenvalue weighted by molar-refractivity contribution is 0.184. The summed E-state index contributed by atoms with van der Waals surface area (Å²) in [5, 5.41) is 16.4. The van der Waals surface area contributed by atoms with Crippen LogP contribution in [0.5, 0.6) is 0 Å². The van der Waals surface area contributed by atoms with Crippen LogP contribution in [0.3, 0.4) is 0 Å². The van der Waals surface area contributed by atoms with Crippen molar-refractivity contribution in [3.8, 4) is 0 Å². The van der Waals surface area contributed by atoms with Crippen molar-refractivity contribution in [2.24, 2.45) is 7.05 Å². The van der Waals surface area contributed by atoms with Gasteiger partial charge in [0.2, 0.25) is 0 Å². The second-order valence-electron chi connectivity index (χ2n) is 3.66. The highest BCUT2D eigenvalue weighted by molar-refractivity contribution is 5.03. The largest absolute Gasteiger partial charge is 0.393 e. The van der Waals surface area contributed by atoms with Crippen LogP contribution in [0.2, 0.25) is 0 Å². The molecular weight excluding hydrogens is 178 g/mol. The van der Waals surface area contributed by atoms with E-state index >= 15 is 0 Å². The van der Waals surface area contributed by atoms with E-state index in [4.69, 9.17) is 5.11 Å². The Balaban J connectivity index is 2.04. The van der Waals surface area contributed by atoms with E-state index in [9.17, 15) is 0 Å². The number of hydrogen-bond acceptors (Lipinski definition) is 3. The van der Waals surface area contributed by atoms with Gasteiger partial charge in [0.05, 0.1) is 12.3 Å². The molecule has 0 radical (unpaired) electrons. The van der Waals surface area contributed by atoms with E-state index in [1.165, 1.54) is 5.56 Å². The molecule has 0 aliphatic carbocycles. The first-order valence-corrected chi connectivity index (χ1v) is 5.05. The van der Waals surface area contributed by atoms with Crippen LogP contribution >= 0.6 is 0 Å². The zero-order chi connectivity index (χ0) is 10.4. The number of nitrogens with zero attached hydrogens (tertiary/aromatic N) is 2. The third-order valence-electron chi connectivity index (χ3n) is 2.09. The normalized spacial score (nSPS) is 13.1. The summed E-state index contributed by atoms with van der Waals surface area (Å²) >= 11 is 0. The molecule has 0 aliphatic heterocycles. The summed E-state index contributed by atoms with van der Waals surface area (Å²) in [6.07, 6.45) is 5.51. The van der Waals surface area contributed by atoms with Gasteiger partial charge < -0.3 is 10.4 Å². The second kappa shape index (κ2) is 5.78. The Morgan fingerprint density at radius 2 is 2.36 bits per heavy atom. The van der Waals surface area contributed by atoms with Gasteiger partial charge in [-0.15, -0.1) is 0 Å². The van der Waals surface area contributed by atoms with Gasteiger partial charge in [0.1, 0.15) is 0 Å². The first-order chi connectivity index (χ1) is 6.68. The molecule has 1 rings (SSSR count). The van der Waals surface area contributed by atoms with Gasteiger partial charge in [0, 0.05) is 13.2 Å². The summed E-state index contributed by atoms with van der Waals surface area (Å²) in [5.41, 5.74) is 1.25. The molecule has 1 atom stereocenters. The van der Waals surface area contributed by atoms with Crippen molar-refractivity contribution in [2.45, 2.75) is 25.9 Å². The summed E-state index contributed by atoms with van der Waals surface area (Å²) in [6.45, 7) is 3.62. The Morgan fingerprint density at radius 3 is 2.93 bits per heavy atom. The summed E-state index contributed by atoms with van der Waals surface area (Å²) < 4.78 is 1.81. The smallest absolute Gasteiger partial charge is 0.0524 e. The van der Waals surface area contributed by atoms with Crippen LogP contribution in [0, 0.1) is 0 Å². The van der Waals surface area contributed by atoms with Crippen LogP contribution in [-0.4, -0.2) is 34.1 Å².